The summed E-state index contributed by atoms with van der Waals surface area (Å²) in [4.78, 5) is 24.1. The fraction of sp³-hybridized carbons (Fsp3) is 0.300. The summed E-state index contributed by atoms with van der Waals surface area (Å²) in [6.45, 7) is 5.54. The van der Waals surface area contributed by atoms with E-state index in [4.69, 9.17) is 4.74 Å². The van der Waals surface area contributed by atoms with E-state index in [0.29, 0.717) is 16.9 Å². The monoisotopic (exact) mass is 325 g/mol. The van der Waals surface area contributed by atoms with E-state index in [2.05, 4.69) is 12.2 Å². The number of amides is 1. The number of methoxy groups -OCH3 is 1. The van der Waals surface area contributed by atoms with Gasteiger partial charge in [0.05, 0.1) is 13.5 Å². The highest BCUT2D eigenvalue weighted by molar-refractivity contribution is 5.96. The van der Waals surface area contributed by atoms with Crippen LogP contribution in [0.1, 0.15) is 40.9 Å². The molecule has 0 atom stereocenters. The van der Waals surface area contributed by atoms with Crippen molar-refractivity contribution in [1.82, 2.24) is 0 Å². The van der Waals surface area contributed by atoms with E-state index in [1.807, 2.05) is 25.1 Å². The van der Waals surface area contributed by atoms with Crippen molar-refractivity contribution < 1.29 is 14.3 Å². The number of aryl methyl sites for hydroxylation is 2. The number of hydrogen-bond donors (Lipinski definition) is 1. The van der Waals surface area contributed by atoms with Crippen molar-refractivity contribution in [1.29, 1.82) is 0 Å². The van der Waals surface area contributed by atoms with Crippen LogP contribution in [0.15, 0.2) is 36.4 Å². The lowest BCUT2D eigenvalue weighted by Gasteiger charge is -2.14. The minimum atomic E-state index is -0.127. The Morgan fingerprint density at radius 3 is 2.50 bits per heavy atom. The van der Waals surface area contributed by atoms with Crippen LogP contribution in [0.4, 0.5) is 5.69 Å². The van der Waals surface area contributed by atoms with Crippen molar-refractivity contribution in [3.63, 3.8) is 0 Å². The number of rotatable bonds is 6. The molecule has 0 radical (unpaired) electrons. The summed E-state index contributed by atoms with van der Waals surface area (Å²) in [6.07, 6.45) is 1.00. The van der Waals surface area contributed by atoms with Gasteiger partial charge in [0.25, 0.3) is 0 Å². The molecule has 2 aromatic rings. The molecule has 24 heavy (non-hydrogen) atoms. The Bertz CT molecular complexity index is 765. The van der Waals surface area contributed by atoms with E-state index in [1.54, 1.807) is 25.3 Å². The van der Waals surface area contributed by atoms with Crippen molar-refractivity contribution in [2.45, 2.75) is 33.6 Å². The van der Waals surface area contributed by atoms with Gasteiger partial charge < -0.3 is 10.1 Å². The van der Waals surface area contributed by atoms with Gasteiger partial charge in [-0.25, -0.2) is 0 Å². The van der Waals surface area contributed by atoms with Crippen LogP contribution in [0.3, 0.4) is 0 Å². The number of ketones is 1. The van der Waals surface area contributed by atoms with Crippen molar-refractivity contribution in [2.24, 2.45) is 0 Å². The van der Waals surface area contributed by atoms with Gasteiger partial charge in [-0.3, -0.25) is 9.59 Å². The Kier molecular flexibility index (Phi) is 5.74. The first kappa shape index (κ1) is 17.7. The molecule has 0 aliphatic heterocycles. The molecular weight excluding hydrogens is 302 g/mol. The molecule has 0 bridgehead atoms. The van der Waals surface area contributed by atoms with Gasteiger partial charge in [0.2, 0.25) is 5.91 Å². The predicted molar refractivity (Wildman–Crippen MR) is 95.9 cm³/mol. The van der Waals surface area contributed by atoms with Gasteiger partial charge in [-0.1, -0.05) is 25.1 Å². The maximum atomic E-state index is 12.5. The average molecular weight is 325 g/mol. The number of carbonyl (C=O) groups excluding carboxylic acids is 2. The van der Waals surface area contributed by atoms with Gasteiger partial charge in [0.1, 0.15) is 5.75 Å². The van der Waals surface area contributed by atoms with Gasteiger partial charge in [-0.05, 0) is 49.6 Å². The van der Waals surface area contributed by atoms with Gasteiger partial charge in [0.15, 0.2) is 5.78 Å². The number of nitrogens with one attached hydrogen (secondary N) is 1. The maximum Gasteiger partial charge on any atom is 0.228 e. The molecule has 0 aromatic heterocycles. The normalized spacial score (nSPS) is 10.3. The molecule has 0 spiro atoms. The molecule has 0 saturated carbocycles. The molecule has 2 aromatic carbocycles. The van der Waals surface area contributed by atoms with Crippen molar-refractivity contribution in [3.05, 3.63) is 58.7 Å². The first-order valence-electron chi connectivity index (χ1n) is 8.02. The van der Waals surface area contributed by atoms with Crippen LogP contribution in [0, 0.1) is 6.92 Å². The van der Waals surface area contributed by atoms with Crippen LogP contribution < -0.4 is 10.1 Å². The highest BCUT2D eigenvalue weighted by atomic mass is 16.5. The van der Waals surface area contributed by atoms with Crippen LogP contribution in [0.5, 0.6) is 5.75 Å². The molecular formula is C20H23NO3. The molecule has 1 N–H and O–H groups in total. The fourth-order valence-electron chi connectivity index (χ4n) is 2.69. The lowest BCUT2D eigenvalue weighted by atomic mass is 10.0. The first-order valence-corrected chi connectivity index (χ1v) is 8.02. The summed E-state index contributed by atoms with van der Waals surface area (Å²) in [5.41, 5.74) is 4.28. The number of para-hydroxylation sites is 1. The zero-order chi connectivity index (χ0) is 17.7. The van der Waals surface area contributed by atoms with Gasteiger partial charge in [0, 0.05) is 16.8 Å². The summed E-state index contributed by atoms with van der Waals surface area (Å²) >= 11 is 0. The summed E-state index contributed by atoms with van der Waals surface area (Å²) < 4.78 is 5.31. The Morgan fingerprint density at radius 1 is 1.12 bits per heavy atom. The zero-order valence-electron chi connectivity index (χ0n) is 14.6. The number of hydrogen-bond acceptors (Lipinski definition) is 3. The first-order chi connectivity index (χ1) is 11.5. The summed E-state index contributed by atoms with van der Waals surface area (Å²) in [7, 11) is 1.56. The molecule has 2 rings (SSSR count). The molecule has 126 valence electrons. The minimum Gasteiger partial charge on any atom is -0.496 e. The molecule has 0 saturated heterocycles. The van der Waals surface area contributed by atoms with Crippen LogP contribution in [-0.4, -0.2) is 18.8 Å². The highest BCUT2D eigenvalue weighted by Gasteiger charge is 2.13. The lowest BCUT2D eigenvalue weighted by Crippen LogP contribution is -2.17. The highest BCUT2D eigenvalue weighted by Crippen LogP contribution is 2.24. The van der Waals surface area contributed by atoms with Crippen molar-refractivity contribution in [3.8, 4) is 5.75 Å². The Hall–Kier alpha value is -2.62. The van der Waals surface area contributed by atoms with E-state index in [0.717, 1.165) is 23.2 Å². The summed E-state index contributed by atoms with van der Waals surface area (Å²) in [6, 6.07) is 11.1. The van der Waals surface area contributed by atoms with Crippen LogP contribution in [0.2, 0.25) is 0 Å². The van der Waals surface area contributed by atoms with Crippen LogP contribution in [-0.2, 0) is 17.6 Å². The third-order valence-corrected chi connectivity index (χ3v) is 4.04. The molecule has 4 heteroatoms. The second-order valence-electron chi connectivity index (χ2n) is 5.77. The largest absolute Gasteiger partial charge is 0.496 e. The second-order valence-corrected chi connectivity index (χ2v) is 5.77. The van der Waals surface area contributed by atoms with Gasteiger partial charge in [-0.15, -0.1) is 0 Å². The molecule has 0 fully saturated rings. The van der Waals surface area contributed by atoms with Gasteiger partial charge in [-0.2, -0.15) is 0 Å². The third-order valence-electron chi connectivity index (χ3n) is 4.04. The lowest BCUT2D eigenvalue weighted by molar-refractivity contribution is -0.115. The average Bonchev–Trinajstić information content (AvgIpc) is 2.56. The smallest absolute Gasteiger partial charge is 0.228 e. The van der Waals surface area contributed by atoms with E-state index in [9.17, 15) is 9.59 Å². The Labute approximate surface area is 142 Å². The van der Waals surface area contributed by atoms with Gasteiger partial charge >= 0.3 is 0 Å². The van der Waals surface area contributed by atoms with E-state index < -0.39 is 0 Å². The van der Waals surface area contributed by atoms with Crippen molar-refractivity contribution >= 4 is 17.4 Å². The number of carbonyl (C=O) groups is 2. The van der Waals surface area contributed by atoms with Crippen LogP contribution >= 0.6 is 0 Å². The summed E-state index contributed by atoms with van der Waals surface area (Å²) in [5.74, 6) is 0.445. The third kappa shape index (κ3) is 4.02. The molecule has 4 nitrogen and oxygen atoms in total. The maximum absolute atomic E-state index is 12.5. The van der Waals surface area contributed by atoms with Crippen LogP contribution in [0.25, 0.3) is 0 Å². The molecule has 1 amide bonds. The number of ether oxygens (including phenoxy) is 1. The Balaban J connectivity index is 2.24. The Morgan fingerprint density at radius 2 is 1.88 bits per heavy atom. The molecule has 0 heterocycles. The standard InChI is InChI=1S/C20H23NO3/c1-5-15-8-6-7-13(2)20(15)21-19(23)12-17-11-16(14(3)22)9-10-18(17)24-4/h6-11H,5,12H2,1-4H3,(H,21,23). The minimum absolute atomic E-state index is 0.0357. The van der Waals surface area contributed by atoms with E-state index in [-0.39, 0.29) is 18.1 Å². The molecule has 0 aliphatic carbocycles. The quantitative estimate of drug-likeness (QED) is 0.818. The zero-order valence-corrected chi connectivity index (χ0v) is 14.6. The number of benzene rings is 2. The molecule has 0 aliphatic rings. The van der Waals surface area contributed by atoms with E-state index >= 15 is 0 Å². The fourth-order valence-corrected chi connectivity index (χ4v) is 2.69. The van der Waals surface area contributed by atoms with Crippen molar-refractivity contribution in [2.75, 3.05) is 12.4 Å². The summed E-state index contributed by atoms with van der Waals surface area (Å²) in [5, 5.41) is 3.00. The SMILES string of the molecule is CCc1cccc(C)c1NC(=O)Cc1cc(C(C)=O)ccc1OC. The topological polar surface area (TPSA) is 55.4 Å². The number of anilines is 1. The predicted octanol–water partition coefficient (Wildman–Crippen LogP) is 3.95. The molecule has 0 unspecified atom stereocenters. The second kappa shape index (κ2) is 7.77. The number of Topliss-reactive ketones (excluding diaryl/α,β-unsaturated/α-hetero) is 1. The van der Waals surface area contributed by atoms with E-state index in [1.165, 1.54) is 6.92 Å².